The van der Waals surface area contributed by atoms with E-state index in [2.05, 4.69) is 59.0 Å². The Morgan fingerprint density at radius 3 is 2.65 bits per heavy atom. The van der Waals surface area contributed by atoms with Crippen molar-refractivity contribution in [3.63, 3.8) is 0 Å². The minimum absolute atomic E-state index is 0.338. The summed E-state index contributed by atoms with van der Waals surface area (Å²) in [5, 5.41) is 4.36. The summed E-state index contributed by atoms with van der Waals surface area (Å²) in [7, 11) is 2.07. The summed E-state index contributed by atoms with van der Waals surface area (Å²) in [4.78, 5) is 2.19. The van der Waals surface area contributed by atoms with Gasteiger partial charge in [-0.25, -0.2) is 4.68 Å². The molecule has 0 saturated carbocycles. The van der Waals surface area contributed by atoms with Crippen molar-refractivity contribution in [3.8, 4) is 0 Å². The fraction of sp³-hybridized carbons (Fsp3) is 0.429. The smallest absolute Gasteiger partial charge is 0.199 e. The van der Waals surface area contributed by atoms with E-state index in [1.807, 2.05) is 21.4 Å². The normalized spacial score (nSPS) is 11.5. The van der Waals surface area contributed by atoms with Gasteiger partial charge in [0.2, 0.25) is 0 Å². The molecule has 1 aromatic heterocycles. The lowest BCUT2D eigenvalue weighted by Crippen LogP contribution is -2.23. The predicted octanol–water partition coefficient (Wildman–Crippen LogP) is 3.85. The first-order chi connectivity index (χ1) is 9.49. The van der Waals surface area contributed by atoms with E-state index >= 15 is 0 Å². The monoisotopic (exact) mass is 354 g/mol. The molecule has 20 heavy (non-hydrogen) atoms. The highest BCUT2D eigenvalue weighted by molar-refractivity contribution is 9.10. The van der Waals surface area contributed by atoms with Crippen LogP contribution in [0.2, 0.25) is 0 Å². The van der Waals surface area contributed by atoms with Crippen LogP contribution in [0.3, 0.4) is 0 Å². The fourth-order valence-electron chi connectivity index (χ4n) is 2.00. The molecule has 0 bridgehead atoms. The highest BCUT2D eigenvalue weighted by atomic mass is 79.9. The highest BCUT2D eigenvalue weighted by Gasteiger charge is 2.08. The maximum Gasteiger partial charge on any atom is 0.199 e. The first kappa shape index (κ1) is 15.4. The summed E-state index contributed by atoms with van der Waals surface area (Å²) in [6, 6.07) is 8.58. The van der Waals surface area contributed by atoms with Gasteiger partial charge < -0.3 is 4.57 Å². The summed E-state index contributed by atoms with van der Waals surface area (Å²) < 4.78 is 5.75. The molecule has 1 heterocycles. The molecular formula is C14H19BrN4S. The molecule has 108 valence electrons. The Bertz CT molecular complexity index is 632. The molecule has 1 aromatic carbocycles. The van der Waals surface area contributed by atoms with Crippen LogP contribution >= 0.6 is 28.1 Å². The molecule has 0 unspecified atom stereocenters. The van der Waals surface area contributed by atoms with Crippen molar-refractivity contribution < 1.29 is 0 Å². The van der Waals surface area contributed by atoms with Gasteiger partial charge in [0.05, 0.1) is 6.67 Å². The molecule has 0 spiro atoms. The van der Waals surface area contributed by atoms with Gasteiger partial charge in [0.1, 0.15) is 6.33 Å². The molecule has 0 fully saturated rings. The third kappa shape index (κ3) is 3.56. The van der Waals surface area contributed by atoms with E-state index < -0.39 is 0 Å². The Balaban J connectivity index is 2.07. The van der Waals surface area contributed by atoms with Gasteiger partial charge in [0.15, 0.2) is 4.77 Å². The minimum Gasteiger partial charge on any atom is -0.304 e. The third-order valence-corrected chi connectivity index (χ3v) is 4.28. The zero-order chi connectivity index (χ0) is 14.7. The maximum absolute atomic E-state index is 5.44. The number of aromatic nitrogens is 3. The van der Waals surface area contributed by atoms with Crippen molar-refractivity contribution in [2.24, 2.45) is 0 Å². The quantitative estimate of drug-likeness (QED) is 0.762. The molecular weight excluding hydrogens is 336 g/mol. The van der Waals surface area contributed by atoms with Gasteiger partial charge in [-0.2, -0.15) is 5.10 Å². The molecule has 0 radical (unpaired) electrons. The Labute approximate surface area is 133 Å². The van der Waals surface area contributed by atoms with Gasteiger partial charge in [-0.3, -0.25) is 4.90 Å². The van der Waals surface area contributed by atoms with Gasteiger partial charge in [-0.1, -0.05) is 34.1 Å². The van der Waals surface area contributed by atoms with E-state index in [0.717, 1.165) is 15.8 Å². The molecule has 2 aromatic rings. The number of halogens is 1. The standard InChI is InChI=1S/C14H19BrN4S/c1-11(2)18-9-16-19(14(18)20)10-17(3)8-12-6-4-5-7-13(12)15/h4-7,9,11H,8,10H2,1-3H3. The van der Waals surface area contributed by atoms with Crippen molar-refractivity contribution >= 4 is 28.1 Å². The molecule has 0 N–H and O–H groups in total. The highest BCUT2D eigenvalue weighted by Crippen LogP contribution is 2.17. The SMILES string of the molecule is CC(C)n1cnn(CN(C)Cc2ccccc2Br)c1=S. The largest absolute Gasteiger partial charge is 0.304 e. The van der Waals surface area contributed by atoms with Crippen LogP contribution in [0.25, 0.3) is 0 Å². The number of hydrogen-bond acceptors (Lipinski definition) is 3. The summed E-state index contributed by atoms with van der Waals surface area (Å²) in [5.74, 6) is 0. The van der Waals surface area contributed by atoms with Gasteiger partial charge in [0.25, 0.3) is 0 Å². The van der Waals surface area contributed by atoms with E-state index in [9.17, 15) is 0 Å². The molecule has 0 aliphatic rings. The van der Waals surface area contributed by atoms with Crippen molar-refractivity contribution in [2.45, 2.75) is 33.1 Å². The van der Waals surface area contributed by atoms with E-state index in [4.69, 9.17) is 12.2 Å². The van der Waals surface area contributed by atoms with E-state index in [0.29, 0.717) is 12.7 Å². The number of hydrogen-bond donors (Lipinski definition) is 0. The Hall–Kier alpha value is -0.980. The average Bonchev–Trinajstić information content (AvgIpc) is 2.74. The van der Waals surface area contributed by atoms with Crippen LogP contribution in [0.4, 0.5) is 0 Å². The first-order valence-corrected chi connectivity index (χ1v) is 7.75. The van der Waals surface area contributed by atoms with Crippen LogP contribution in [-0.2, 0) is 13.2 Å². The van der Waals surface area contributed by atoms with Crippen LogP contribution in [0, 0.1) is 4.77 Å². The van der Waals surface area contributed by atoms with Crippen LogP contribution in [0.1, 0.15) is 25.5 Å². The van der Waals surface area contributed by atoms with Crippen LogP contribution < -0.4 is 0 Å². The van der Waals surface area contributed by atoms with Gasteiger partial charge in [0, 0.05) is 17.1 Å². The van der Waals surface area contributed by atoms with Gasteiger partial charge >= 0.3 is 0 Å². The Morgan fingerprint density at radius 2 is 2.05 bits per heavy atom. The second-order valence-corrected chi connectivity index (χ2v) is 6.38. The molecule has 0 atom stereocenters. The van der Waals surface area contributed by atoms with Crippen molar-refractivity contribution in [2.75, 3.05) is 7.05 Å². The molecule has 6 heteroatoms. The average molecular weight is 355 g/mol. The van der Waals surface area contributed by atoms with Gasteiger partial charge in [-0.15, -0.1) is 0 Å². The van der Waals surface area contributed by atoms with Gasteiger partial charge in [-0.05, 0) is 44.7 Å². The molecule has 0 amide bonds. The lowest BCUT2D eigenvalue weighted by Gasteiger charge is -2.17. The topological polar surface area (TPSA) is 26.0 Å². The van der Waals surface area contributed by atoms with Crippen LogP contribution in [-0.4, -0.2) is 26.3 Å². The molecule has 0 aliphatic carbocycles. The zero-order valence-corrected chi connectivity index (χ0v) is 14.4. The predicted molar refractivity (Wildman–Crippen MR) is 87.0 cm³/mol. The molecule has 0 aliphatic heterocycles. The second-order valence-electron chi connectivity index (χ2n) is 5.16. The summed E-state index contributed by atoms with van der Waals surface area (Å²) >= 11 is 9.01. The van der Waals surface area contributed by atoms with E-state index in [-0.39, 0.29) is 0 Å². The second kappa shape index (κ2) is 6.65. The van der Waals surface area contributed by atoms with Crippen molar-refractivity contribution in [3.05, 3.63) is 45.4 Å². The first-order valence-electron chi connectivity index (χ1n) is 6.55. The fourth-order valence-corrected chi connectivity index (χ4v) is 2.77. The van der Waals surface area contributed by atoms with E-state index in [1.54, 1.807) is 6.33 Å². The summed E-state index contributed by atoms with van der Waals surface area (Å²) in [6.45, 7) is 5.73. The Morgan fingerprint density at radius 1 is 1.35 bits per heavy atom. The van der Waals surface area contributed by atoms with E-state index in [1.165, 1.54) is 5.56 Å². The van der Waals surface area contributed by atoms with Crippen molar-refractivity contribution in [1.29, 1.82) is 0 Å². The number of nitrogens with zero attached hydrogens (tertiary/aromatic N) is 4. The summed E-state index contributed by atoms with van der Waals surface area (Å²) in [5.41, 5.74) is 1.25. The minimum atomic E-state index is 0.338. The maximum atomic E-state index is 5.44. The van der Waals surface area contributed by atoms with Crippen LogP contribution in [0.15, 0.2) is 35.1 Å². The lowest BCUT2D eigenvalue weighted by molar-refractivity contribution is 0.243. The van der Waals surface area contributed by atoms with Crippen molar-refractivity contribution in [1.82, 2.24) is 19.2 Å². The number of rotatable bonds is 5. The molecule has 2 rings (SSSR count). The zero-order valence-electron chi connectivity index (χ0n) is 12.0. The third-order valence-electron chi connectivity index (χ3n) is 3.09. The van der Waals surface area contributed by atoms with Crippen LogP contribution in [0.5, 0.6) is 0 Å². The summed E-state index contributed by atoms with van der Waals surface area (Å²) in [6.07, 6.45) is 1.80. The Kier molecular flexibility index (Phi) is 5.12. The molecule has 4 nitrogen and oxygen atoms in total. The molecule has 0 saturated heterocycles. The number of benzene rings is 1. The lowest BCUT2D eigenvalue weighted by atomic mass is 10.2.